The molecule has 1 aromatic rings. The van der Waals surface area contributed by atoms with E-state index in [-0.39, 0.29) is 23.9 Å². The standard InChI is InChI=1S/C9H7FO4/c1-12-9(11)5-2-3-6(10)8-7(5)13-4-14-8/h2-3H,4H2,1H3. The first-order chi connectivity index (χ1) is 6.74. The van der Waals surface area contributed by atoms with Crippen molar-refractivity contribution in [3.63, 3.8) is 0 Å². The third-order valence-electron chi connectivity index (χ3n) is 1.88. The van der Waals surface area contributed by atoms with Crippen molar-refractivity contribution in [2.75, 3.05) is 13.9 Å². The van der Waals surface area contributed by atoms with Gasteiger partial charge in [0.05, 0.1) is 7.11 Å². The summed E-state index contributed by atoms with van der Waals surface area (Å²) in [6.07, 6.45) is 0. The van der Waals surface area contributed by atoms with E-state index in [4.69, 9.17) is 9.47 Å². The van der Waals surface area contributed by atoms with E-state index in [0.29, 0.717) is 0 Å². The maximum absolute atomic E-state index is 13.1. The molecular weight excluding hydrogens is 191 g/mol. The maximum atomic E-state index is 13.1. The van der Waals surface area contributed by atoms with Gasteiger partial charge in [-0.3, -0.25) is 0 Å². The van der Waals surface area contributed by atoms with E-state index in [2.05, 4.69) is 4.74 Å². The lowest BCUT2D eigenvalue weighted by Gasteiger charge is -2.03. The van der Waals surface area contributed by atoms with Gasteiger partial charge in [0.15, 0.2) is 11.6 Å². The lowest BCUT2D eigenvalue weighted by Crippen LogP contribution is -2.03. The summed E-state index contributed by atoms with van der Waals surface area (Å²) in [4.78, 5) is 11.2. The predicted molar refractivity (Wildman–Crippen MR) is 43.9 cm³/mol. The Bertz CT molecular complexity index is 389. The molecule has 4 nitrogen and oxygen atoms in total. The number of carbonyl (C=O) groups excluding carboxylic acids is 1. The zero-order valence-electron chi connectivity index (χ0n) is 7.37. The van der Waals surface area contributed by atoms with Gasteiger partial charge in [0.2, 0.25) is 12.5 Å². The van der Waals surface area contributed by atoms with Crippen LogP contribution in [-0.4, -0.2) is 19.9 Å². The minimum Gasteiger partial charge on any atom is -0.465 e. The van der Waals surface area contributed by atoms with Crippen LogP contribution in [0, 0.1) is 5.82 Å². The van der Waals surface area contributed by atoms with Crippen molar-refractivity contribution >= 4 is 5.97 Å². The molecule has 5 heteroatoms. The van der Waals surface area contributed by atoms with E-state index in [9.17, 15) is 9.18 Å². The van der Waals surface area contributed by atoms with Crippen molar-refractivity contribution in [1.82, 2.24) is 0 Å². The summed E-state index contributed by atoms with van der Waals surface area (Å²) >= 11 is 0. The average molecular weight is 198 g/mol. The fourth-order valence-corrected chi connectivity index (χ4v) is 1.23. The molecule has 0 radical (unpaired) electrons. The Labute approximate surface area is 79.2 Å². The van der Waals surface area contributed by atoms with Gasteiger partial charge in [-0.2, -0.15) is 0 Å². The summed E-state index contributed by atoms with van der Waals surface area (Å²) in [7, 11) is 1.24. The molecule has 74 valence electrons. The summed E-state index contributed by atoms with van der Waals surface area (Å²) in [6, 6.07) is 2.44. The van der Waals surface area contributed by atoms with Crippen molar-refractivity contribution in [1.29, 1.82) is 0 Å². The number of hydrogen-bond acceptors (Lipinski definition) is 4. The summed E-state index contributed by atoms with van der Waals surface area (Å²) in [5.74, 6) is -1.05. The van der Waals surface area contributed by atoms with Crippen LogP contribution in [0.15, 0.2) is 12.1 Å². The number of fused-ring (bicyclic) bond motifs is 1. The van der Waals surface area contributed by atoms with Gasteiger partial charge in [0.25, 0.3) is 0 Å². The van der Waals surface area contributed by atoms with Crippen molar-refractivity contribution in [3.8, 4) is 11.5 Å². The predicted octanol–water partition coefficient (Wildman–Crippen LogP) is 1.34. The summed E-state index contributed by atoms with van der Waals surface area (Å²) < 4.78 is 27.4. The van der Waals surface area contributed by atoms with E-state index in [1.54, 1.807) is 0 Å². The molecule has 0 atom stereocenters. The zero-order valence-corrected chi connectivity index (χ0v) is 7.37. The van der Waals surface area contributed by atoms with Crippen molar-refractivity contribution in [2.45, 2.75) is 0 Å². The van der Waals surface area contributed by atoms with E-state index in [1.807, 2.05) is 0 Å². The second-order valence-corrected chi connectivity index (χ2v) is 2.65. The summed E-state index contributed by atoms with van der Waals surface area (Å²) in [6.45, 7) is -0.0831. The highest BCUT2D eigenvalue weighted by Gasteiger charge is 2.25. The van der Waals surface area contributed by atoms with E-state index in [0.717, 1.165) is 6.07 Å². The molecule has 0 unspecified atom stereocenters. The molecule has 0 amide bonds. The Balaban J connectivity index is 2.53. The topological polar surface area (TPSA) is 44.8 Å². The van der Waals surface area contributed by atoms with Crippen LogP contribution in [0.4, 0.5) is 4.39 Å². The average Bonchev–Trinajstić information content (AvgIpc) is 2.67. The number of hydrogen-bond donors (Lipinski definition) is 0. The van der Waals surface area contributed by atoms with Crippen LogP contribution in [-0.2, 0) is 4.74 Å². The van der Waals surface area contributed by atoms with Crippen LogP contribution in [0.3, 0.4) is 0 Å². The Morgan fingerprint density at radius 2 is 2.14 bits per heavy atom. The summed E-state index contributed by atoms with van der Waals surface area (Å²) in [5, 5.41) is 0. The van der Waals surface area contributed by atoms with Gasteiger partial charge in [-0.15, -0.1) is 0 Å². The van der Waals surface area contributed by atoms with E-state index in [1.165, 1.54) is 13.2 Å². The quantitative estimate of drug-likeness (QED) is 0.639. The Kier molecular flexibility index (Phi) is 1.99. The second kappa shape index (κ2) is 3.17. The highest BCUT2D eigenvalue weighted by atomic mass is 19.1. The minimum atomic E-state index is -0.577. The molecular formula is C9H7FO4. The van der Waals surface area contributed by atoms with Gasteiger partial charge in [-0.25, -0.2) is 9.18 Å². The van der Waals surface area contributed by atoms with Crippen LogP contribution in [0.25, 0.3) is 0 Å². The Morgan fingerprint density at radius 3 is 2.86 bits per heavy atom. The van der Waals surface area contributed by atoms with Gasteiger partial charge < -0.3 is 14.2 Å². The van der Waals surface area contributed by atoms with E-state index < -0.39 is 11.8 Å². The van der Waals surface area contributed by atoms with Gasteiger partial charge >= 0.3 is 5.97 Å². The molecule has 2 rings (SSSR count). The molecule has 1 aromatic carbocycles. The second-order valence-electron chi connectivity index (χ2n) is 2.65. The normalized spacial score (nSPS) is 12.7. The third kappa shape index (κ3) is 1.17. The van der Waals surface area contributed by atoms with Crippen molar-refractivity contribution in [3.05, 3.63) is 23.5 Å². The smallest absolute Gasteiger partial charge is 0.341 e. The van der Waals surface area contributed by atoms with Gasteiger partial charge in [0.1, 0.15) is 5.56 Å². The zero-order chi connectivity index (χ0) is 10.1. The monoisotopic (exact) mass is 198 g/mol. The van der Waals surface area contributed by atoms with Crippen molar-refractivity contribution in [2.24, 2.45) is 0 Å². The number of ether oxygens (including phenoxy) is 3. The number of carbonyl (C=O) groups is 1. The highest BCUT2D eigenvalue weighted by Crippen LogP contribution is 2.38. The fourth-order valence-electron chi connectivity index (χ4n) is 1.23. The Hall–Kier alpha value is -1.78. The van der Waals surface area contributed by atoms with Gasteiger partial charge in [-0.1, -0.05) is 0 Å². The van der Waals surface area contributed by atoms with Crippen LogP contribution in [0.1, 0.15) is 10.4 Å². The minimum absolute atomic E-state index is 0.0344. The molecule has 1 aliphatic rings. The van der Waals surface area contributed by atoms with Crippen LogP contribution in [0.2, 0.25) is 0 Å². The first kappa shape index (κ1) is 8.80. The lowest BCUT2D eigenvalue weighted by molar-refractivity contribution is 0.0596. The first-order valence-electron chi connectivity index (χ1n) is 3.90. The van der Waals surface area contributed by atoms with Gasteiger partial charge in [-0.05, 0) is 12.1 Å². The molecule has 1 heterocycles. The number of benzene rings is 1. The number of esters is 1. The first-order valence-corrected chi connectivity index (χ1v) is 3.90. The molecule has 0 aromatic heterocycles. The largest absolute Gasteiger partial charge is 0.465 e. The highest BCUT2D eigenvalue weighted by molar-refractivity contribution is 5.93. The Morgan fingerprint density at radius 1 is 1.43 bits per heavy atom. The molecule has 14 heavy (non-hydrogen) atoms. The van der Waals surface area contributed by atoms with Crippen LogP contribution >= 0.6 is 0 Å². The molecule has 0 spiro atoms. The molecule has 0 aliphatic carbocycles. The number of halogens is 1. The third-order valence-corrected chi connectivity index (χ3v) is 1.88. The van der Waals surface area contributed by atoms with Crippen molar-refractivity contribution < 1.29 is 23.4 Å². The molecule has 1 aliphatic heterocycles. The maximum Gasteiger partial charge on any atom is 0.341 e. The van der Waals surface area contributed by atoms with E-state index >= 15 is 0 Å². The molecule has 0 N–H and O–H groups in total. The van der Waals surface area contributed by atoms with Gasteiger partial charge in [0, 0.05) is 0 Å². The van der Waals surface area contributed by atoms with Crippen LogP contribution < -0.4 is 9.47 Å². The molecule has 0 fully saturated rings. The number of methoxy groups -OCH3 is 1. The molecule has 0 saturated carbocycles. The number of rotatable bonds is 1. The lowest BCUT2D eigenvalue weighted by atomic mass is 10.2. The van der Waals surface area contributed by atoms with Crippen LogP contribution in [0.5, 0.6) is 11.5 Å². The molecule has 0 bridgehead atoms. The fraction of sp³-hybridized carbons (Fsp3) is 0.222. The summed E-state index contributed by atoms with van der Waals surface area (Å²) in [5.41, 5.74) is 0.168. The molecule has 0 saturated heterocycles. The SMILES string of the molecule is COC(=O)c1ccc(F)c2c1OCO2.